The van der Waals surface area contributed by atoms with Gasteiger partial charge in [-0.15, -0.1) is 0 Å². The molecule has 3 aromatic carbocycles. The summed E-state index contributed by atoms with van der Waals surface area (Å²) in [6.45, 7) is -0.198. The van der Waals surface area contributed by atoms with Gasteiger partial charge in [0.05, 0.1) is 13.2 Å². The SMILES string of the molecule is COC(=O)CN1C(=O)[C@@H](N2C(=O)O[C@H](c3ccccc3)[C@@H]2c2ccccc2)[C@H]1/C=C/c1ccccc1. The van der Waals surface area contributed by atoms with Crippen LogP contribution in [0.25, 0.3) is 6.08 Å². The number of hydrogen-bond donors (Lipinski definition) is 0. The lowest BCUT2D eigenvalue weighted by atomic mass is 9.88. The zero-order chi connectivity index (χ0) is 25.1. The second kappa shape index (κ2) is 10.1. The van der Waals surface area contributed by atoms with Crippen molar-refractivity contribution in [1.82, 2.24) is 9.80 Å². The Labute approximate surface area is 209 Å². The molecule has 0 N–H and O–H groups in total. The smallest absolute Gasteiger partial charge is 0.411 e. The first-order valence-electron chi connectivity index (χ1n) is 11.8. The lowest BCUT2D eigenvalue weighted by Gasteiger charge is -2.49. The Hall–Kier alpha value is -4.39. The summed E-state index contributed by atoms with van der Waals surface area (Å²) in [6.07, 6.45) is 2.60. The maximum Gasteiger partial charge on any atom is 0.411 e. The molecule has 0 radical (unpaired) electrons. The van der Waals surface area contributed by atoms with Crippen LogP contribution in [0.3, 0.4) is 0 Å². The molecule has 7 nitrogen and oxygen atoms in total. The van der Waals surface area contributed by atoms with Crippen molar-refractivity contribution in [2.75, 3.05) is 13.7 Å². The minimum absolute atomic E-state index is 0.198. The number of nitrogens with zero attached hydrogens (tertiary/aromatic N) is 2. The molecule has 2 fully saturated rings. The molecular formula is C29H26N2O5. The molecule has 0 spiro atoms. The highest BCUT2D eigenvalue weighted by Crippen LogP contribution is 2.46. The van der Waals surface area contributed by atoms with Crippen molar-refractivity contribution in [3.63, 3.8) is 0 Å². The summed E-state index contributed by atoms with van der Waals surface area (Å²) in [4.78, 5) is 41.8. The average Bonchev–Trinajstić information content (AvgIpc) is 3.26. The molecule has 0 saturated carbocycles. The van der Waals surface area contributed by atoms with Gasteiger partial charge in [0.15, 0.2) is 6.10 Å². The summed E-state index contributed by atoms with van der Waals surface area (Å²) < 4.78 is 10.7. The van der Waals surface area contributed by atoms with Crippen LogP contribution >= 0.6 is 0 Å². The second-order valence-corrected chi connectivity index (χ2v) is 8.73. The predicted molar refractivity (Wildman–Crippen MR) is 133 cm³/mol. The molecule has 0 aliphatic carbocycles. The Morgan fingerprint density at radius 2 is 1.44 bits per heavy atom. The Kier molecular flexibility index (Phi) is 6.54. The van der Waals surface area contributed by atoms with E-state index in [4.69, 9.17) is 9.47 Å². The molecule has 0 bridgehead atoms. The van der Waals surface area contributed by atoms with Crippen molar-refractivity contribution in [3.05, 3.63) is 114 Å². The fraction of sp³-hybridized carbons (Fsp3) is 0.207. The van der Waals surface area contributed by atoms with E-state index in [2.05, 4.69) is 0 Å². The standard InChI is InChI=1S/C29H26N2O5/c1-35-24(32)19-30-23(18-17-20-11-5-2-6-12-20)26(28(30)33)31-25(21-13-7-3-8-14-21)27(36-29(31)34)22-15-9-4-10-16-22/h2-18,23,25-27H,19H2,1H3/b18-17+/t23-,25+,26+,27-/m1/s1. The van der Waals surface area contributed by atoms with Gasteiger partial charge in [0.2, 0.25) is 5.91 Å². The molecule has 36 heavy (non-hydrogen) atoms. The highest BCUT2D eigenvalue weighted by Gasteiger charge is 2.58. The summed E-state index contributed by atoms with van der Waals surface area (Å²) in [5.41, 5.74) is 2.65. The van der Waals surface area contributed by atoms with Crippen LogP contribution < -0.4 is 0 Å². The molecular weight excluding hydrogens is 456 g/mol. The summed E-state index contributed by atoms with van der Waals surface area (Å²) in [5.74, 6) is -0.847. The molecule has 5 rings (SSSR count). The number of ether oxygens (including phenoxy) is 2. The molecule has 0 aromatic heterocycles. The topological polar surface area (TPSA) is 76.2 Å². The first kappa shape index (κ1) is 23.4. The maximum absolute atomic E-state index is 13.4. The molecule has 4 atom stereocenters. The zero-order valence-corrected chi connectivity index (χ0v) is 19.8. The van der Waals surface area contributed by atoms with E-state index in [1.807, 2.05) is 103 Å². The third-order valence-electron chi connectivity index (χ3n) is 6.63. The minimum Gasteiger partial charge on any atom is -0.468 e. The Balaban J connectivity index is 1.53. The Morgan fingerprint density at radius 3 is 2.06 bits per heavy atom. The van der Waals surface area contributed by atoms with Crippen LogP contribution in [0.5, 0.6) is 0 Å². The quantitative estimate of drug-likeness (QED) is 0.369. The van der Waals surface area contributed by atoms with E-state index in [0.717, 1.165) is 16.7 Å². The second-order valence-electron chi connectivity index (χ2n) is 8.73. The van der Waals surface area contributed by atoms with Crippen LogP contribution in [-0.4, -0.2) is 53.5 Å². The van der Waals surface area contributed by atoms with E-state index < -0.39 is 36.3 Å². The monoisotopic (exact) mass is 482 g/mol. The number of benzene rings is 3. The molecule has 2 amide bonds. The van der Waals surface area contributed by atoms with Crippen LogP contribution in [0.2, 0.25) is 0 Å². The molecule has 2 heterocycles. The van der Waals surface area contributed by atoms with E-state index >= 15 is 0 Å². The van der Waals surface area contributed by atoms with Gasteiger partial charge in [-0.1, -0.05) is 103 Å². The third-order valence-corrected chi connectivity index (χ3v) is 6.63. The summed E-state index contributed by atoms with van der Waals surface area (Å²) in [6, 6.07) is 26.9. The van der Waals surface area contributed by atoms with Crippen LogP contribution in [0.4, 0.5) is 4.79 Å². The van der Waals surface area contributed by atoms with Gasteiger partial charge < -0.3 is 14.4 Å². The average molecular weight is 483 g/mol. The first-order chi connectivity index (χ1) is 17.6. The number of β-lactam (4-membered cyclic amide) rings is 1. The van der Waals surface area contributed by atoms with Crippen molar-refractivity contribution >= 4 is 24.0 Å². The lowest BCUT2D eigenvalue weighted by molar-refractivity contribution is -0.162. The highest BCUT2D eigenvalue weighted by molar-refractivity contribution is 5.96. The number of carbonyl (C=O) groups excluding carboxylic acids is 3. The number of amides is 2. The summed E-state index contributed by atoms with van der Waals surface area (Å²) in [5, 5.41) is 0. The highest BCUT2D eigenvalue weighted by atomic mass is 16.6. The molecule has 2 saturated heterocycles. The van der Waals surface area contributed by atoms with Crippen molar-refractivity contribution in [3.8, 4) is 0 Å². The lowest BCUT2D eigenvalue weighted by Crippen LogP contribution is -2.71. The molecule has 182 valence electrons. The molecule has 2 aliphatic heterocycles. The van der Waals surface area contributed by atoms with Crippen LogP contribution in [0.1, 0.15) is 28.8 Å². The number of rotatable bonds is 7. The zero-order valence-electron chi connectivity index (χ0n) is 19.8. The van der Waals surface area contributed by atoms with E-state index in [1.54, 1.807) is 0 Å². The Bertz CT molecular complexity index is 1260. The third kappa shape index (κ3) is 4.35. The van der Waals surface area contributed by atoms with Crippen molar-refractivity contribution in [2.45, 2.75) is 24.2 Å². The maximum atomic E-state index is 13.4. The van der Waals surface area contributed by atoms with Crippen molar-refractivity contribution in [1.29, 1.82) is 0 Å². The van der Waals surface area contributed by atoms with E-state index in [1.165, 1.54) is 16.9 Å². The van der Waals surface area contributed by atoms with Gasteiger partial charge in [-0.25, -0.2) is 4.79 Å². The van der Waals surface area contributed by atoms with E-state index in [9.17, 15) is 14.4 Å². The first-order valence-corrected chi connectivity index (χ1v) is 11.8. The van der Waals surface area contributed by atoms with Gasteiger partial charge in [-0.3, -0.25) is 14.5 Å². The van der Waals surface area contributed by atoms with Crippen molar-refractivity contribution in [2.24, 2.45) is 0 Å². The van der Waals surface area contributed by atoms with Crippen LogP contribution in [0, 0.1) is 0 Å². The number of esters is 1. The number of hydrogen-bond acceptors (Lipinski definition) is 5. The predicted octanol–water partition coefficient (Wildman–Crippen LogP) is 4.39. The van der Waals surface area contributed by atoms with Crippen LogP contribution in [-0.2, 0) is 19.1 Å². The van der Waals surface area contributed by atoms with Crippen LogP contribution in [0.15, 0.2) is 97.1 Å². The number of likely N-dealkylation sites (tertiary alicyclic amines) is 1. The van der Waals surface area contributed by atoms with Gasteiger partial charge >= 0.3 is 12.1 Å². The van der Waals surface area contributed by atoms with Gasteiger partial charge in [-0.05, 0) is 16.7 Å². The largest absolute Gasteiger partial charge is 0.468 e. The number of methoxy groups -OCH3 is 1. The van der Waals surface area contributed by atoms with Gasteiger partial charge in [0.1, 0.15) is 18.6 Å². The van der Waals surface area contributed by atoms with E-state index in [-0.39, 0.29) is 12.5 Å². The van der Waals surface area contributed by atoms with Gasteiger partial charge in [0, 0.05) is 0 Å². The number of cyclic esters (lactones) is 1. The minimum atomic E-state index is -0.818. The Morgan fingerprint density at radius 1 is 0.861 bits per heavy atom. The number of carbonyl (C=O) groups is 3. The fourth-order valence-electron chi connectivity index (χ4n) is 4.86. The van der Waals surface area contributed by atoms with Gasteiger partial charge in [0.25, 0.3) is 0 Å². The summed E-state index contributed by atoms with van der Waals surface area (Å²) >= 11 is 0. The molecule has 0 unspecified atom stereocenters. The van der Waals surface area contributed by atoms with Gasteiger partial charge in [-0.2, -0.15) is 0 Å². The van der Waals surface area contributed by atoms with Crippen molar-refractivity contribution < 1.29 is 23.9 Å². The van der Waals surface area contributed by atoms with E-state index in [0.29, 0.717) is 0 Å². The summed E-state index contributed by atoms with van der Waals surface area (Å²) in [7, 11) is 1.28. The molecule has 3 aromatic rings. The molecule has 2 aliphatic rings. The molecule has 7 heteroatoms. The normalized spacial score (nSPS) is 23.5. The fourth-order valence-corrected chi connectivity index (χ4v) is 4.86.